The van der Waals surface area contributed by atoms with Crippen LogP contribution in [0.5, 0.6) is 0 Å². The molecule has 2 nitrogen and oxygen atoms in total. The van der Waals surface area contributed by atoms with Crippen molar-refractivity contribution >= 4 is 9.84 Å². The zero-order valence-corrected chi connectivity index (χ0v) is 11.3. The molecule has 1 aromatic rings. The molecular formula is C14H20O2S. The van der Waals surface area contributed by atoms with E-state index in [0.29, 0.717) is 10.8 Å². The third kappa shape index (κ3) is 2.54. The van der Waals surface area contributed by atoms with E-state index < -0.39 is 9.84 Å². The highest BCUT2D eigenvalue weighted by Gasteiger charge is 2.32. The first-order valence-corrected chi connectivity index (χ1v) is 7.87. The van der Waals surface area contributed by atoms with Crippen molar-refractivity contribution in [2.75, 3.05) is 0 Å². The van der Waals surface area contributed by atoms with Gasteiger partial charge in [0.2, 0.25) is 0 Å². The van der Waals surface area contributed by atoms with Gasteiger partial charge < -0.3 is 0 Å². The smallest absolute Gasteiger partial charge is 0.181 e. The van der Waals surface area contributed by atoms with Crippen molar-refractivity contribution in [2.24, 2.45) is 5.92 Å². The molecule has 0 amide bonds. The van der Waals surface area contributed by atoms with Gasteiger partial charge in [-0.1, -0.05) is 30.5 Å². The predicted molar refractivity (Wildman–Crippen MR) is 69.8 cm³/mol. The molecule has 1 aliphatic carbocycles. The van der Waals surface area contributed by atoms with Crippen LogP contribution < -0.4 is 0 Å². The molecule has 2 rings (SSSR count). The molecule has 17 heavy (non-hydrogen) atoms. The Labute approximate surface area is 104 Å². The molecule has 0 saturated heterocycles. The van der Waals surface area contributed by atoms with Crippen LogP contribution in [0.15, 0.2) is 29.2 Å². The number of hydrogen-bond acceptors (Lipinski definition) is 2. The van der Waals surface area contributed by atoms with Crippen molar-refractivity contribution in [2.45, 2.75) is 49.7 Å². The molecule has 1 saturated carbocycles. The molecule has 0 unspecified atom stereocenters. The Morgan fingerprint density at radius 1 is 1.12 bits per heavy atom. The summed E-state index contributed by atoms with van der Waals surface area (Å²) in [6, 6.07) is 7.20. The largest absolute Gasteiger partial charge is 0.223 e. The molecule has 3 heteroatoms. The summed E-state index contributed by atoms with van der Waals surface area (Å²) in [5.41, 5.74) is 1.09. The first-order chi connectivity index (χ1) is 8.01. The Hall–Kier alpha value is -0.830. The predicted octanol–water partition coefficient (Wildman–Crippen LogP) is 3.35. The normalized spacial score (nSPS) is 19.4. The molecule has 1 fully saturated rings. The summed E-state index contributed by atoms with van der Waals surface area (Å²) in [4.78, 5) is 0.475. The second kappa shape index (κ2) is 4.81. The van der Waals surface area contributed by atoms with E-state index in [1.54, 1.807) is 12.1 Å². The summed E-state index contributed by atoms with van der Waals surface area (Å²) >= 11 is 0. The minimum Gasteiger partial charge on any atom is -0.223 e. The number of rotatable bonds is 3. The minimum atomic E-state index is -3.14. The summed E-state index contributed by atoms with van der Waals surface area (Å²) in [6.07, 6.45) is 4.48. The van der Waals surface area contributed by atoms with Crippen LogP contribution in [-0.2, 0) is 9.84 Å². The van der Waals surface area contributed by atoms with Crippen molar-refractivity contribution < 1.29 is 8.42 Å². The maximum absolute atomic E-state index is 12.4. The van der Waals surface area contributed by atoms with Crippen LogP contribution >= 0.6 is 0 Å². The van der Waals surface area contributed by atoms with Crippen LogP contribution in [0.1, 0.15) is 38.2 Å². The van der Waals surface area contributed by atoms with Crippen molar-refractivity contribution in [3.8, 4) is 0 Å². The Balaban J connectivity index is 2.26. The van der Waals surface area contributed by atoms with Gasteiger partial charge in [0.1, 0.15) is 0 Å². The maximum Gasteiger partial charge on any atom is 0.181 e. The molecule has 0 bridgehead atoms. The molecule has 0 spiro atoms. The second-order valence-corrected chi connectivity index (χ2v) is 7.41. The van der Waals surface area contributed by atoms with Crippen LogP contribution in [0.3, 0.4) is 0 Å². The Morgan fingerprint density at radius 2 is 1.65 bits per heavy atom. The van der Waals surface area contributed by atoms with Gasteiger partial charge in [-0.15, -0.1) is 0 Å². The zero-order valence-electron chi connectivity index (χ0n) is 10.5. The lowest BCUT2D eigenvalue weighted by Crippen LogP contribution is -2.25. The van der Waals surface area contributed by atoms with Crippen molar-refractivity contribution in [1.29, 1.82) is 0 Å². The number of sulfone groups is 1. The molecule has 0 aliphatic heterocycles. The highest BCUT2D eigenvalue weighted by atomic mass is 32.2. The van der Waals surface area contributed by atoms with Gasteiger partial charge in [0.05, 0.1) is 10.1 Å². The number of aryl methyl sites for hydroxylation is 1. The summed E-state index contributed by atoms with van der Waals surface area (Å²) in [7, 11) is -3.14. The fourth-order valence-corrected chi connectivity index (χ4v) is 4.35. The quantitative estimate of drug-likeness (QED) is 0.826. The summed E-state index contributed by atoms with van der Waals surface area (Å²) in [5.74, 6) is 0.348. The second-order valence-electron chi connectivity index (χ2n) is 5.11. The van der Waals surface area contributed by atoms with Gasteiger partial charge in [-0.05, 0) is 44.7 Å². The standard InChI is InChI=1S/C14H20O2S/c1-11-7-9-14(10-8-11)17(15,16)12(2)13-5-3-4-6-13/h7-10,12-13H,3-6H2,1-2H3/t12-/m1/s1. The third-order valence-electron chi connectivity index (χ3n) is 3.90. The third-order valence-corrected chi connectivity index (χ3v) is 6.20. The van der Waals surface area contributed by atoms with Gasteiger partial charge in [-0.2, -0.15) is 0 Å². The topological polar surface area (TPSA) is 34.1 Å². The van der Waals surface area contributed by atoms with E-state index in [1.807, 2.05) is 26.0 Å². The maximum atomic E-state index is 12.4. The van der Waals surface area contributed by atoms with Gasteiger partial charge in [0.25, 0.3) is 0 Å². The number of hydrogen-bond donors (Lipinski definition) is 0. The average molecular weight is 252 g/mol. The Kier molecular flexibility index (Phi) is 3.57. The van der Waals surface area contributed by atoms with Crippen LogP contribution in [0.25, 0.3) is 0 Å². The highest BCUT2D eigenvalue weighted by molar-refractivity contribution is 7.92. The molecule has 0 radical (unpaired) electrons. The number of benzene rings is 1. The molecule has 0 N–H and O–H groups in total. The Bertz CT molecular complexity index is 467. The van der Waals surface area contributed by atoms with E-state index in [-0.39, 0.29) is 5.25 Å². The van der Waals surface area contributed by atoms with E-state index >= 15 is 0 Å². The van der Waals surface area contributed by atoms with Gasteiger partial charge in [-0.3, -0.25) is 0 Å². The molecule has 1 aliphatic rings. The Morgan fingerprint density at radius 3 is 2.18 bits per heavy atom. The summed E-state index contributed by atoms with van der Waals surface area (Å²) in [6.45, 7) is 3.84. The molecule has 0 aromatic heterocycles. The van der Waals surface area contributed by atoms with Crippen molar-refractivity contribution in [1.82, 2.24) is 0 Å². The molecular weight excluding hydrogens is 232 g/mol. The lowest BCUT2D eigenvalue weighted by Gasteiger charge is -2.19. The van der Waals surface area contributed by atoms with Gasteiger partial charge >= 0.3 is 0 Å². The average Bonchev–Trinajstić information content (AvgIpc) is 2.82. The van der Waals surface area contributed by atoms with Gasteiger partial charge in [-0.25, -0.2) is 8.42 Å². The summed E-state index contributed by atoms with van der Waals surface area (Å²) < 4.78 is 24.9. The molecule has 1 atom stereocenters. The van der Waals surface area contributed by atoms with Crippen LogP contribution in [0.2, 0.25) is 0 Å². The fourth-order valence-electron chi connectivity index (χ4n) is 2.62. The zero-order chi connectivity index (χ0) is 12.5. The minimum absolute atomic E-state index is 0.243. The van der Waals surface area contributed by atoms with Gasteiger partial charge in [0, 0.05) is 0 Å². The van der Waals surface area contributed by atoms with Gasteiger partial charge in [0.15, 0.2) is 9.84 Å². The fraction of sp³-hybridized carbons (Fsp3) is 0.571. The summed E-state index contributed by atoms with van der Waals surface area (Å²) in [5, 5.41) is -0.243. The molecule has 0 heterocycles. The lowest BCUT2D eigenvalue weighted by atomic mass is 10.1. The molecule has 1 aromatic carbocycles. The van der Waals surface area contributed by atoms with Crippen molar-refractivity contribution in [3.63, 3.8) is 0 Å². The SMILES string of the molecule is Cc1ccc(S(=O)(=O)[C@H](C)C2CCCC2)cc1. The van der Waals surface area contributed by atoms with Crippen molar-refractivity contribution in [3.05, 3.63) is 29.8 Å². The van der Waals surface area contributed by atoms with Crippen LogP contribution in [-0.4, -0.2) is 13.7 Å². The van der Waals surface area contributed by atoms with E-state index in [0.717, 1.165) is 18.4 Å². The van der Waals surface area contributed by atoms with E-state index in [1.165, 1.54) is 12.8 Å². The first kappa shape index (κ1) is 12.6. The van der Waals surface area contributed by atoms with E-state index in [4.69, 9.17) is 0 Å². The van der Waals surface area contributed by atoms with E-state index in [9.17, 15) is 8.42 Å². The van der Waals surface area contributed by atoms with Crippen LogP contribution in [0, 0.1) is 12.8 Å². The molecule has 94 valence electrons. The van der Waals surface area contributed by atoms with E-state index in [2.05, 4.69) is 0 Å². The lowest BCUT2D eigenvalue weighted by molar-refractivity contribution is 0.501. The monoisotopic (exact) mass is 252 g/mol. The first-order valence-electron chi connectivity index (χ1n) is 6.32. The van der Waals surface area contributed by atoms with Crippen LogP contribution in [0.4, 0.5) is 0 Å². The highest BCUT2D eigenvalue weighted by Crippen LogP contribution is 2.33.